The summed E-state index contributed by atoms with van der Waals surface area (Å²) in [5.74, 6) is -2.77. The minimum Gasteiger partial charge on any atom is -0.469 e. The first kappa shape index (κ1) is 21.8. The summed E-state index contributed by atoms with van der Waals surface area (Å²) in [5.41, 5.74) is -0.143. The molecule has 2 amide bonds. The first-order valence-electron chi connectivity index (χ1n) is 8.72. The van der Waals surface area contributed by atoms with Crippen molar-refractivity contribution in [3.63, 3.8) is 0 Å². The van der Waals surface area contributed by atoms with Gasteiger partial charge in [-0.15, -0.1) is 0 Å². The lowest BCUT2D eigenvalue weighted by Crippen LogP contribution is -2.28. The van der Waals surface area contributed by atoms with E-state index >= 15 is 0 Å². The van der Waals surface area contributed by atoms with Gasteiger partial charge in [-0.1, -0.05) is 18.2 Å². The Bertz CT molecular complexity index is 773. The van der Waals surface area contributed by atoms with Crippen LogP contribution in [0.15, 0.2) is 23.2 Å². The summed E-state index contributed by atoms with van der Waals surface area (Å²) in [7, 11) is 1.35. The number of anilines is 1. The highest BCUT2D eigenvalue weighted by Gasteiger charge is 2.32. The van der Waals surface area contributed by atoms with Crippen LogP contribution in [-0.2, 0) is 19.1 Å². The summed E-state index contributed by atoms with van der Waals surface area (Å²) in [6.45, 7) is 0.490. The Balaban J connectivity index is 1.74. The number of amides is 2. The highest BCUT2D eigenvalue weighted by Crippen LogP contribution is 2.23. The molecule has 1 aliphatic heterocycles. The van der Waals surface area contributed by atoms with Crippen molar-refractivity contribution in [2.75, 3.05) is 19.0 Å². The maximum Gasteiger partial charge on any atom is 0.305 e. The number of carbonyl (C=O) groups excluding carboxylic acids is 3. The van der Waals surface area contributed by atoms with Crippen LogP contribution in [-0.4, -0.2) is 41.9 Å². The Morgan fingerprint density at radius 1 is 1.29 bits per heavy atom. The molecule has 0 bridgehead atoms. The molecule has 1 aromatic rings. The van der Waals surface area contributed by atoms with E-state index in [-0.39, 0.29) is 24.0 Å². The summed E-state index contributed by atoms with van der Waals surface area (Å²) < 4.78 is 31.0. The van der Waals surface area contributed by atoms with E-state index < -0.39 is 22.8 Å². The van der Waals surface area contributed by atoms with Crippen LogP contribution in [0, 0.1) is 11.6 Å². The van der Waals surface area contributed by atoms with Gasteiger partial charge < -0.3 is 15.4 Å². The zero-order chi connectivity index (χ0) is 20.5. The van der Waals surface area contributed by atoms with Gasteiger partial charge in [0.25, 0.3) is 0 Å². The summed E-state index contributed by atoms with van der Waals surface area (Å²) in [6.07, 6.45) is 2.47. The maximum absolute atomic E-state index is 13.6. The zero-order valence-corrected chi connectivity index (χ0v) is 16.1. The average molecular weight is 413 g/mol. The quantitative estimate of drug-likeness (QED) is 0.479. The van der Waals surface area contributed by atoms with Gasteiger partial charge in [-0.05, 0) is 25.0 Å². The number of halogens is 2. The number of unbranched alkanes of at least 4 members (excludes halogenated alkanes) is 2. The summed E-state index contributed by atoms with van der Waals surface area (Å²) in [4.78, 5) is 39.3. The lowest BCUT2D eigenvalue weighted by Gasteiger charge is -2.08. The second-order valence-corrected chi connectivity index (χ2v) is 7.24. The van der Waals surface area contributed by atoms with Crippen LogP contribution >= 0.6 is 11.8 Å². The third kappa shape index (κ3) is 6.91. The van der Waals surface area contributed by atoms with Crippen LogP contribution in [0.2, 0.25) is 0 Å². The average Bonchev–Trinajstić information content (AvgIpc) is 2.99. The lowest BCUT2D eigenvalue weighted by atomic mass is 10.2. The summed E-state index contributed by atoms with van der Waals surface area (Å²) in [5, 5.41) is 4.70. The maximum atomic E-state index is 13.6. The normalized spacial score (nSPS) is 17.5. The second-order valence-electron chi connectivity index (χ2n) is 6.05. The summed E-state index contributed by atoms with van der Waals surface area (Å²) in [6, 6.07) is 2.83. The molecule has 2 rings (SSSR count). The monoisotopic (exact) mass is 413 g/mol. The topological polar surface area (TPSA) is 96.9 Å². The van der Waals surface area contributed by atoms with Gasteiger partial charge in [0.05, 0.1) is 12.8 Å². The van der Waals surface area contributed by atoms with E-state index in [1.165, 1.54) is 7.11 Å². The minimum atomic E-state index is -0.883. The molecule has 1 fully saturated rings. The Kier molecular flexibility index (Phi) is 8.37. The van der Waals surface area contributed by atoms with E-state index in [4.69, 9.17) is 0 Å². The molecular weight excluding hydrogens is 392 g/mol. The highest BCUT2D eigenvalue weighted by atomic mass is 32.2. The molecule has 152 valence electrons. The fourth-order valence-corrected chi connectivity index (χ4v) is 3.41. The van der Waals surface area contributed by atoms with E-state index in [2.05, 4.69) is 20.4 Å². The van der Waals surface area contributed by atoms with Crippen molar-refractivity contribution >= 4 is 40.4 Å². The molecular formula is C18H21F2N3O4S. The Morgan fingerprint density at radius 2 is 2.07 bits per heavy atom. The molecule has 1 atom stereocenters. The molecule has 0 spiro atoms. The van der Waals surface area contributed by atoms with E-state index in [0.717, 1.165) is 36.7 Å². The fraction of sp³-hybridized carbons (Fsp3) is 0.444. The van der Waals surface area contributed by atoms with Crippen LogP contribution < -0.4 is 10.6 Å². The third-order valence-corrected chi connectivity index (χ3v) is 4.99. The van der Waals surface area contributed by atoms with Gasteiger partial charge in [0.15, 0.2) is 5.17 Å². The number of esters is 1. The number of hydrogen-bond donors (Lipinski definition) is 2. The molecule has 1 aromatic carbocycles. The van der Waals surface area contributed by atoms with E-state index in [1.54, 1.807) is 0 Å². The fourth-order valence-electron chi connectivity index (χ4n) is 2.42. The Hall–Kier alpha value is -2.49. The van der Waals surface area contributed by atoms with Crippen LogP contribution in [0.4, 0.5) is 14.5 Å². The van der Waals surface area contributed by atoms with Crippen molar-refractivity contribution in [1.82, 2.24) is 5.32 Å². The standard InChI is InChI=1S/C18H21F2N3O4S/c1-27-16(25)5-3-2-4-8-21-18-23-17(26)14(28-18)10-15(24)22-13-7-6-11(19)9-12(13)20/h6-7,9,14H,2-5,8,10H2,1H3,(H,22,24)(H,21,23,26)/t14-/m0/s1. The number of carbonyl (C=O) groups is 3. The van der Waals surface area contributed by atoms with Crippen molar-refractivity contribution < 1.29 is 27.9 Å². The van der Waals surface area contributed by atoms with E-state index in [0.29, 0.717) is 30.6 Å². The molecule has 0 aliphatic carbocycles. The van der Waals surface area contributed by atoms with Gasteiger partial charge in [-0.2, -0.15) is 0 Å². The highest BCUT2D eigenvalue weighted by molar-refractivity contribution is 8.15. The van der Waals surface area contributed by atoms with Gasteiger partial charge in [0, 0.05) is 25.5 Å². The van der Waals surface area contributed by atoms with Crippen LogP contribution in [0.1, 0.15) is 32.1 Å². The first-order chi connectivity index (χ1) is 13.4. The van der Waals surface area contributed by atoms with Gasteiger partial charge in [-0.25, -0.2) is 8.78 Å². The van der Waals surface area contributed by atoms with E-state index in [1.807, 2.05) is 0 Å². The number of ether oxygens (including phenoxy) is 1. The molecule has 0 saturated carbocycles. The molecule has 1 heterocycles. The van der Waals surface area contributed by atoms with Crippen molar-refractivity contribution in [1.29, 1.82) is 0 Å². The molecule has 1 saturated heterocycles. The number of rotatable bonds is 9. The van der Waals surface area contributed by atoms with Gasteiger partial charge in [-0.3, -0.25) is 19.4 Å². The van der Waals surface area contributed by atoms with Crippen molar-refractivity contribution in [2.45, 2.75) is 37.4 Å². The molecule has 0 aromatic heterocycles. The van der Waals surface area contributed by atoms with Crippen LogP contribution in [0.5, 0.6) is 0 Å². The Labute approximate surface area is 165 Å². The number of hydrogen-bond acceptors (Lipinski definition) is 6. The minimum absolute atomic E-state index is 0.143. The zero-order valence-electron chi connectivity index (χ0n) is 15.3. The first-order valence-corrected chi connectivity index (χ1v) is 9.60. The number of benzene rings is 1. The molecule has 0 unspecified atom stereocenters. The molecule has 0 radical (unpaired) electrons. The number of aliphatic imine (C=N–C) groups is 1. The number of nitrogens with one attached hydrogen (secondary N) is 2. The van der Waals surface area contributed by atoms with Crippen LogP contribution in [0.25, 0.3) is 0 Å². The Morgan fingerprint density at radius 3 is 2.79 bits per heavy atom. The van der Waals surface area contributed by atoms with Crippen LogP contribution in [0.3, 0.4) is 0 Å². The smallest absolute Gasteiger partial charge is 0.305 e. The summed E-state index contributed by atoms with van der Waals surface area (Å²) >= 11 is 1.14. The predicted octanol–water partition coefficient (Wildman–Crippen LogP) is 2.61. The number of amidine groups is 1. The second kappa shape index (κ2) is 10.7. The molecule has 7 nitrogen and oxygen atoms in total. The predicted molar refractivity (Wildman–Crippen MR) is 102 cm³/mol. The third-order valence-electron chi connectivity index (χ3n) is 3.87. The number of nitrogens with zero attached hydrogens (tertiary/aromatic N) is 1. The van der Waals surface area contributed by atoms with Gasteiger partial charge in [0.1, 0.15) is 16.9 Å². The van der Waals surface area contributed by atoms with Crippen molar-refractivity contribution in [2.24, 2.45) is 4.99 Å². The van der Waals surface area contributed by atoms with Gasteiger partial charge in [0.2, 0.25) is 11.8 Å². The molecule has 10 heteroatoms. The van der Waals surface area contributed by atoms with Crippen molar-refractivity contribution in [3.8, 4) is 0 Å². The van der Waals surface area contributed by atoms with E-state index in [9.17, 15) is 23.2 Å². The largest absolute Gasteiger partial charge is 0.469 e. The molecule has 2 N–H and O–H groups in total. The number of thioether (sulfide) groups is 1. The molecule has 1 aliphatic rings. The number of methoxy groups -OCH3 is 1. The SMILES string of the molecule is COC(=O)CCCCCN=C1NC(=O)[C@H](CC(=O)Nc2ccc(F)cc2F)S1. The molecule has 28 heavy (non-hydrogen) atoms. The lowest BCUT2D eigenvalue weighted by molar-refractivity contribution is -0.140. The van der Waals surface area contributed by atoms with Gasteiger partial charge >= 0.3 is 5.97 Å². The van der Waals surface area contributed by atoms with Crippen molar-refractivity contribution in [3.05, 3.63) is 29.8 Å².